The van der Waals surface area contributed by atoms with E-state index in [0.717, 1.165) is 25.9 Å². The molecule has 124 valence electrons. The summed E-state index contributed by atoms with van der Waals surface area (Å²) in [6.07, 6.45) is 2.07. The van der Waals surface area contributed by atoms with E-state index in [1.807, 2.05) is 24.0 Å². The molecule has 2 amide bonds. The van der Waals surface area contributed by atoms with E-state index in [4.69, 9.17) is 11.6 Å². The Hall–Kier alpha value is -1.59. The van der Waals surface area contributed by atoms with Gasteiger partial charge in [-0.05, 0) is 31.9 Å². The summed E-state index contributed by atoms with van der Waals surface area (Å²) >= 11 is 6.08. The Bertz CT molecular complexity index is 595. The molecule has 6 heteroatoms. The molecule has 0 aromatic heterocycles. The number of rotatable bonds is 4. The molecule has 1 saturated carbocycles. The van der Waals surface area contributed by atoms with Crippen molar-refractivity contribution >= 4 is 29.1 Å². The number of nitrogens with zero attached hydrogens (tertiary/aromatic N) is 2. The van der Waals surface area contributed by atoms with E-state index in [0.29, 0.717) is 23.8 Å². The van der Waals surface area contributed by atoms with Crippen molar-refractivity contribution in [3.05, 3.63) is 29.3 Å². The van der Waals surface area contributed by atoms with Gasteiger partial charge in [0.25, 0.3) is 0 Å². The van der Waals surface area contributed by atoms with E-state index in [1.54, 1.807) is 12.1 Å². The van der Waals surface area contributed by atoms with Crippen LogP contribution in [-0.4, -0.2) is 53.8 Å². The molecule has 2 fully saturated rings. The van der Waals surface area contributed by atoms with Crippen LogP contribution in [0.2, 0.25) is 5.02 Å². The van der Waals surface area contributed by atoms with Gasteiger partial charge in [0.15, 0.2) is 0 Å². The second-order valence-electron chi connectivity index (χ2n) is 6.28. The Balaban J connectivity index is 1.52. The number of amides is 2. The van der Waals surface area contributed by atoms with Crippen LogP contribution in [0.1, 0.15) is 19.8 Å². The molecule has 1 N–H and O–H groups in total. The number of piperazine rings is 1. The Morgan fingerprint density at radius 1 is 1.17 bits per heavy atom. The number of nitrogens with one attached hydrogen (secondary N) is 1. The summed E-state index contributed by atoms with van der Waals surface area (Å²) in [4.78, 5) is 28.5. The summed E-state index contributed by atoms with van der Waals surface area (Å²) in [6.45, 7) is 4.77. The van der Waals surface area contributed by atoms with Gasteiger partial charge in [0.2, 0.25) is 11.8 Å². The highest BCUT2D eigenvalue weighted by Crippen LogP contribution is 2.31. The highest BCUT2D eigenvalue weighted by atomic mass is 35.5. The fourth-order valence-electron chi connectivity index (χ4n) is 2.88. The standard InChI is InChI=1S/C17H22ClN3O2/c1-12(16(22)19-15-5-3-2-4-14(15)18)20-8-10-21(11-9-20)17(23)13-6-7-13/h2-5,12-13H,6-11H2,1H3,(H,19,22). The Morgan fingerprint density at radius 3 is 2.43 bits per heavy atom. The highest BCUT2D eigenvalue weighted by Gasteiger charge is 2.35. The second-order valence-corrected chi connectivity index (χ2v) is 6.69. The average molecular weight is 336 g/mol. The zero-order valence-corrected chi connectivity index (χ0v) is 14.1. The number of carbonyl (C=O) groups is 2. The van der Waals surface area contributed by atoms with Crippen molar-refractivity contribution in [2.24, 2.45) is 5.92 Å². The maximum atomic E-state index is 12.4. The quantitative estimate of drug-likeness (QED) is 0.918. The second kappa shape index (κ2) is 6.89. The van der Waals surface area contributed by atoms with Crippen molar-refractivity contribution in [1.82, 2.24) is 9.80 Å². The third kappa shape index (κ3) is 3.85. The maximum absolute atomic E-state index is 12.4. The molecule has 1 unspecified atom stereocenters. The molecule has 1 atom stereocenters. The van der Waals surface area contributed by atoms with Gasteiger partial charge in [0.1, 0.15) is 0 Å². The first-order valence-electron chi connectivity index (χ1n) is 8.14. The summed E-state index contributed by atoms with van der Waals surface area (Å²) in [5.41, 5.74) is 0.633. The maximum Gasteiger partial charge on any atom is 0.241 e. The number of hydrogen-bond donors (Lipinski definition) is 1. The molecule has 1 aromatic rings. The van der Waals surface area contributed by atoms with Gasteiger partial charge in [-0.1, -0.05) is 23.7 Å². The molecule has 2 aliphatic rings. The van der Waals surface area contributed by atoms with Crippen LogP contribution in [0.3, 0.4) is 0 Å². The summed E-state index contributed by atoms with van der Waals surface area (Å²) in [5.74, 6) is 0.486. The number of benzene rings is 1. The largest absolute Gasteiger partial charge is 0.340 e. The fourth-order valence-corrected chi connectivity index (χ4v) is 3.07. The van der Waals surface area contributed by atoms with Crippen molar-refractivity contribution in [3.8, 4) is 0 Å². The van der Waals surface area contributed by atoms with Gasteiger partial charge in [0, 0.05) is 32.1 Å². The van der Waals surface area contributed by atoms with E-state index in [9.17, 15) is 9.59 Å². The molecule has 0 bridgehead atoms. The zero-order chi connectivity index (χ0) is 16.4. The van der Waals surface area contributed by atoms with Crippen LogP contribution in [0.4, 0.5) is 5.69 Å². The first kappa shape index (κ1) is 16.3. The molecule has 23 heavy (non-hydrogen) atoms. The van der Waals surface area contributed by atoms with E-state index in [2.05, 4.69) is 10.2 Å². The van der Waals surface area contributed by atoms with Gasteiger partial charge in [-0.2, -0.15) is 0 Å². The normalized spacial score (nSPS) is 20.2. The molecule has 0 spiro atoms. The van der Waals surface area contributed by atoms with Crippen LogP contribution in [0, 0.1) is 5.92 Å². The van der Waals surface area contributed by atoms with Crippen molar-refractivity contribution in [2.75, 3.05) is 31.5 Å². The molecule has 5 nitrogen and oxygen atoms in total. The van der Waals surface area contributed by atoms with Gasteiger partial charge < -0.3 is 10.2 Å². The molecular formula is C17H22ClN3O2. The van der Waals surface area contributed by atoms with Gasteiger partial charge in [-0.25, -0.2) is 0 Å². The highest BCUT2D eigenvalue weighted by molar-refractivity contribution is 6.33. The monoisotopic (exact) mass is 335 g/mol. The number of carbonyl (C=O) groups excluding carboxylic acids is 2. The topological polar surface area (TPSA) is 52.7 Å². The van der Waals surface area contributed by atoms with Gasteiger partial charge in [0.05, 0.1) is 16.8 Å². The van der Waals surface area contributed by atoms with Crippen LogP contribution in [0.15, 0.2) is 24.3 Å². The molecule has 1 aromatic carbocycles. The molecular weight excluding hydrogens is 314 g/mol. The minimum Gasteiger partial charge on any atom is -0.340 e. The van der Waals surface area contributed by atoms with Crippen LogP contribution >= 0.6 is 11.6 Å². The molecule has 1 aliphatic heterocycles. The molecule has 3 rings (SSSR count). The van der Waals surface area contributed by atoms with Gasteiger partial charge in [-0.15, -0.1) is 0 Å². The molecule has 1 heterocycles. The summed E-state index contributed by atoms with van der Waals surface area (Å²) in [7, 11) is 0. The molecule has 1 saturated heterocycles. The summed E-state index contributed by atoms with van der Waals surface area (Å²) in [5, 5.41) is 3.41. The number of anilines is 1. The number of para-hydroxylation sites is 1. The van der Waals surface area contributed by atoms with E-state index >= 15 is 0 Å². The third-order valence-corrected chi connectivity index (χ3v) is 4.94. The van der Waals surface area contributed by atoms with E-state index in [-0.39, 0.29) is 23.8 Å². The first-order chi connectivity index (χ1) is 11.1. The van der Waals surface area contributed by atoms with E-state index < -0.39 is 0 Å². The van der Waals surface area contributed by atoms with Crippen molar-refractivity contribution in [2.45, 2.75) is 25.8 Å². The molecule has 0 radical (unpaired) electrons. The lowest BCUT2D eigenvalue weighted by molar-refractivity contribution is -0.135. The minimum absolute atomic E-state index is 0.0694. The Morgan fingerprint density at radius 2 is 1.83 bits per heavy atom. The first-order valence-corrected chi connectivity index (χ1v) is 8.52. The van der Waals surface area contributed by atoms with Gasteiger partial charge >= 0.3 is 0 Å². The van der Waals surface area contributed by atoms with Crippen LogP contribution in [0.5, 0.6) is 0 Å². The Kier molecular flexibility index (Phi) is 4.87. The number of halogens is 1. The minimum atomic E-state index is -0.246. The predicted molar refractivity (Wildman–Crippen MR) is 90.4 cm³/mol. The number of hydrogen-bond acceptors (Lipinski definition) is 3. The van der Waals surface area contributed by atoms with Crippen molar-refractivity contribution < 1.29 is 9.59 Å². The fraction of sp³-hybridized carbons (Fsp3) is 0.529. The smallest absolute Gasteiger partial charge is 0.241 e. The summed E-state index contributed by atoms with van der Waals surface area (Å²) in [6, 6.07) is 6.97. The van der Waals surface area contributed by atoms with Crippen molar-refractivity contribution in [3.63, 3.8) is 0 Å². The van der Waals surface area contributed by atoms with Crippen LogP contribution < -0.4 is 5.32 Å². The average Bonchev–Trinajstić information content (AvgIpc) is 3.40. The predicted octanol–water partition coefficient (Wildman–Crippen LogP) is 2.22. The summed E-state index contributed by atoms with van der Waals surface area (Å²) < 4.78 is 0. The lowest BCUT2D eigenvalue weighted by atomic mass is 10.2. The SMILES string of the molecule is CC(C(=O)Nc1ccccc1Cl)N1CCN(C(=O)C2CC2)CC1. The Labute approximate surface area is 141 Å². The third-order valence-electron chi connectivity index (χ3n) is 4.61. The lowest BCUT2D eigenvalue weighted by Gasteiger charge is -2.37. The van der Waals surface area contributed by atoms with Crippen LogP contribution in [-0.2, 0) is 9.59 Å². The van der Waals surface area contributed by atoms with E-state index in [1.165, 1.54) is 0 Å². The van der Waals surface area contributed by atoms with Gasteiger partial charge in [-0.3, -0.25) is 14.5 Å². The lowest BCUT2D eigenvalue weighted by Crippen LogP contribution is -2.54. The zero-order valence-electron chi connectivity index (χ0n) is 13.3. The van der Waals surface area contributed by atoms with Crippen molar-refractivity contribution in [1.29, 1.82) is 0 Å². The van der Waals surface area contributed by atoms with Crippen LogP contribution in [0.25, 0.3) is 0 Å². The molecule has 1 aliphatic carbocycles.